The van der Waals surface area contributed by atoms with Crippen LogP contribution in [0.5, 0.6) is 5.75 Å². The summed E-state index contributed by atoms with van der Waals surface area (Å²) in [6, 6.07) is 12.2. The van der Waals surface area contributed by atoms with Crippen LogP contribution in [0.1, 0.15) is 42.8 Å². The van der Waals surface area contributed by atoms with E-state index in [-0.39, 0.29) is 6.04 Å². The molecule has 96 valence electrons. The number of aromatic hydroxyl groups is 1. The molecule has 1 aromatic carbocycles. The van der Waals surface area contributed by atoms with E-state index in [1.807, 2.05) is 18.2 Å². The minimum Gasteiger partial charge on any atom is -0.508 e. The molecule has 3 heteroatoms. The lowest BCUT2D eigenvalue weighted by Gasteiger charge is -2.22. The Morgan fingerprint density at radius 2 is 2.00 bits per heavy atom. The number of thiophene rings is 1. The number of rotatable bonds is 5. The third-order valence-electron chi connectivity index (χ3n) is 3.14. The van der Waals surface area contributed by atoms with E-state index >= 15 is 0 Å². The van der Waals surface area contributed by atoms with E-state index < -0.39 is 0 Å². The molecule has 1 heterocycles. The Hall–Kier alpha value is -1.32. The average Bonchev–Trinajstić information content (AvgIpc) is 2.90. The van der Waals surface area contributed by atoms with E-state index in [2.05, 4.69) is 36.7 Å². The fourth-order valence-electron chi connectivity index (χ4n) is 2.13. The summed E-state index contributed by atoms with van der Waals surface area (Å²) in [6.45, 7) is 4.29. The Bertz CT molecular complexity index is 481. The highest BCUT2D eigenvalue weighted by molar-refractivity contribution is 7.10. The zero-order valence-electron chi connectivity index (χ0n) is 10.8. The Morgan fingerprint density at radius 3 is 2.61 bits per heavy atom. The summed E-state index contributed by atoms with van der Waals surface area (Å²) in [4.78, 5) is 1.32. The summed E-state index contributed by atoms with van der Waals surface area (Å²) in [7, 11) is 0. The first-order chi connectivity index (χ1) is 8.72. The van der Waals surface area contributed by atoms with Crippen molar-refractivity contribution in [3.63, 3.8) is 0 Å². The highest BCUT2D eigenvalue weighted by Gasteiger charge is 2.16. The van der Waals surface area contributed by atoms with Crippen LogP contribution >= 0.6 is 11.3 Å². The van der Waals surface area contributed by atoms with Crippen molar-refractivity contribution in [2.24, 2.45) is 0 Å². The van der Waals surface area contributed by atoms with Gasteiger partial charge in [-0.1, -0.05) is 31.2 Å². The van der Waals surface area contributed by atoms with Gasteiger partial charge in [0.15, 0.2) is 0 Å². The number of para-hydroxylation sites is 1. The molecule has 0 aliphatic carbocycles. The average molecular weight is 261 g/mol. The maximum Gasteiger partial charge on any atom is 0.120 e. The lowest BCUT2D eigenvalue weighted by atomic mass is 10.0. The standard InChI is InChI=1S/C15H19NOS/c1-3-13(12-7-4-5-8-14(12)17)16-11(2)15-9-6-10-18-15/h4-11,13,16-17H,3H2,1-2H3. The normalized spacial score (nSPS) is 14.3. The van der Waals surface area contributed by atoms with Gasteiger partial charge in [0.2, 0.25) is 0 Å². The molecule has 0 fully saturated rings. The van der Waals surface area contributed by atoms with Gasteiger partial charge in [0.1, 0.15) is 5.75 Å². The molecule has 2 aromatic rings. The molecule has 0 amide bonds. The van der Waals surface area contributed by atoms with Gasteiger partial charge in [-0.05, 0) is 30.9 Å². The zero-order valence-corrected chi connectivity index (χ0v) is 11.6. The van der Waals surface area contributed by atoms with Crippen molar-refractivity contribution >= 4 is 11.3 Å². The number of nitrogens with one attached hydrogen (secondary N) is 1. The third kappa shape index (κ3) is 2.92. The van der Waals surface area contributed by atoms with Crippen LogP contribution in [0, 0.1) is 0 Å². The van der Waals surface area contributed by atoms with Crippen LogP contribution < -0.4 is 5.32 Å². The lowest BCUT2D eigenvalue weighted by molar-refractivity contribution is 0.421. The van der Waals surface area contributed by atoms with Crippen molar-refractivity contribution in [2.75, 3.05) is 0 Å². The summed E-state index contributed by atoms with van der Waals surface area (Å²) >= 11 is 1.76. The lowest BCUT2D eigenvalue weighted by Crippen LogP contribution is -2.23. The van der Waals surface area contributed by atoms with Crippen molar-refractivity contribution in [3.8, 4) is 5.75 Å². The maximum absolute atomic E-state index is 9.92. The number of phenolic OH excluding ortho intramolecular Hbond substituents is 1. The highest BCUT2D eigenvalue weighted by Crippen LogP contribution is 2.29. The maximum atomic E-state index is 9.92. The van der Waals surface area contributed by atoms with Gasteiger partial charge in [0, 0.05) is 22.5 Å². The molecule has 0 aliphatic rings. The first-order valence-electron chi connectivity index (χ1n) is 6.29. The van der Waals surface area contributed by atoms with Gasteiger partial charge in [0.25, 0.3) is 0 Å². The topological polar surface area (TPSA) is 32.3 Å². The first kappa shape index (κ1) is 13.1. The molecule has 1 aromatic heterocycles. The van der Waals surface area contributed by atoms with Gasteiger partial charge in [-0.2, -0.15) is 0 Å². The van der Waals surface area contributed by atoms with Crippen molar-refractivity contribution < 1.29 is 5.11 Å². The Labute approximate surface area is 112 Å². The summed E-state index contributed by atoms with van der Waals surface area (Å²) in [5, 5.41) is 15.6. The molecule has 0 spiro atoms. The quantitative estimate of drug-likeness (QED) is 0.843. The van der Waals surface area contributed by atoms with Crippen LogP contribution in [0.15, 0.2) is 41.8 Å². The summed E-state index contributed by atoms with van der Waals surface area (Å²) in [5.41, 5.74) is 0.975. The molecule has 0 saturated heterocycles. The molecule has 0 radical (unpaired) electrons. The SMILES string of the molecule is CCC(NC(C)c1cccs1)c1ccccc1O. The number of phenols is 1. The summed E-state index contributed by atoms with van der Waals surface area (Å²) in [5.74, 6) is 0.371. The van der Waals surface area contributed by atoms with Crippen LogP contribution in [-0.4, -0.2) is 5.11 Å². The zero-order chi connectivity index (χ0) is 13.0. The molecule has 2 atom stereocenters. The van der Waals surface area contributed by atoms with Crippen LogP contribution in [0.25, 0.3) is 0 Å². The number of hydrogen-bond acceptors (Lipinski definition) is 3. The fourth-order valence-corrected chi connectivity index (χ4v) is 2.87. The van der Waals surface area contributed by atoms with E-state index in [0.717, 1.165) is 12.0 Å². The van der Waals surface area contributed by atoms with Crippen molar-refractivity contribution in [1.82, 2.24) is 5.32 Å². The summed E-state index contributed by atoms with van der Waals surface area (Å²) in [6.07, 6.45) is 0.952. The fraction of sp³-hybridized carbons (Fsp3) is 0.333. The van der Waals surface area contributed by atoms with E-state index in [1.54, 1.807) is 17.4 Å². The molecule has 18 heavy (non-hydrogen) atoms. The van der Waals surface area contributed by atoms with Crippen LogP contribution in [-0.2, 0) is 0 Å². The Balaban J connectivity index is 2.13. The molecule has 2 nitrogen and oxygen atoms in total. The van der Waals surface area contributed by atoms with Crippen LogP contribution in [0.3, 0.4) is 0 Å². The number of benzene rings is 1. The molecule has 2 rings (SSSR count). The molecule has 2 unspecified atom stereocenters. The largest absolute Gasteiger partial charge is 0.508 e. The van der Waals surface area contributed by atoms with Gasteiger partial charge in [-0.15, -0.1) is 11.3 Å². The molecular formula is C15H19NOS. The van der Waals surface area contributed by atoms with E-state index in [4.69, 9.17) is 0 Å². The molecule has 2 N–H and O–H groups in total. The second-order valence-corrected chi connectivity index (χ2v) is 5.40. The van der Waals surface area contributed by atoms with Crippen LogP contribution in [0.4, 0.5) is 0 Å². The Kier molecular flexibility index (Phi) is 4.39. The van der Waals surface area contributed by atoms with Gasteiger partial charge >= 0.3 is 0 Å². The predicted molar refractivity (Wildman–Crippen MR) is 77.0 cm³/mol. The minimum atomic E-state index is 0.184. The monoisotopic (exact) mass is 261 g/mol. The molecule has 0 aliphatic heterocycles. The van der Waals surface area contributed by atoms with E-state index in [1.165, 1.54) is 4.88 Å². The molecule has 0 bridgehead atoms. The third-order valence-corrected chi connectivity index (χ3v) is 4.20. The van der Waals surface area contributed by atoms with E-state index in [9.17, 15) is 5.11 Å². The molecule has 0 saturated carbocycles. The summed E-state index contributed by atoms with van der Waals surface area (Å²) < 4.78 is 0. The van der Waals surface area contributed by atoms with Gasteiger partial charge < -0.3 is 10.4 Å². The first-order valence-corrected chi connectivity index (χ1v) is 7.17. The van der Waals surface area contributed by atoms with Crippen molar-refractivity contribution in [1.29, 1.82) is 0 Å². The van der Waals surface area contributed by atoms with Gasteiger partial charge in [-0.25, -0.2) is 0 Å². The van der Waals surface area contributed by atoms with Gasteiger partial charge in [0.05, 0.1) is 0 Å². The predicted octanol–water partition coefficient (Wildman–Crippen LogP) is 4.26. The van der Waals surface area contributed by atoms with Crippen LogP contribution in [0.2, 0.25) is 0 Å². The number of hydrogen-bond donors (Lipinski definition) is 2. The second-order valence-electron chi connectivity index (χ2n) is 4.42. The van der Waals surface area contributed by atoms with Gasteiger partial charge in [-0.3, -0.25) is 0 Å². The van der Waals surface area contributed by atoms with E-state index in [0.29, 0.717) is 11.8 Å². The van der Waals surface area contributed by atoms with Crippen molar-refractivity contribution in [3.05, 3.63) is 52.2 Å². The van der Waals surface area contributed by atoms with Crippen molar-refractivity contribution in [2.45, 2.75) is 32.4 Å². The second kappa shape index (κ2) is 6.03. The minimum absolute atomic E-state index is 0.184. The molecular weight excluding hydrogens is 242 g/mol. The highest BCUT2D eigenvalue weighted by atomic mass is 32.1. The smallest absolute Gasteiger partial charge is 0.120 e. The Morgan fingerprint density at radius 1 is 1.22 bits per heavy atom.